The molecule has 1 aliphatic carbocycles. The quantitative estimate of drug-likeness (QED) is 0.406. The lowest BCUT2D eigenvalue weighted by Crippen LogP contribution is -2.54. The minimum absolute atomic E-state index is 0.0767. The lowest BCUT2D eigenvalue weighted by Gasteiger charge is -2.29. The van der Waals surface area contributed by atoms with Crippen LogP contribution in [0.5, 0.6) is 0 Å². The van der Waals surface area contributed by atoms with Gasteiger partial charge in [0.25, 0.3) is 0 Å². The first-order valence-corrected chi connectivity index (χ1v) is 11.6. The number of hydrogen-bond donors (Lipinski definition) is 3. The van der Waals surface area contributed by atoms with Crippen molar-refractivity contribution in [1.29, 1.82) is 0 Å². The molecule has 0 bridgehead atoms. The van der Waals surface area contributed by atoms with Crippen LogP contribution >= 0.6 is 0 Å². The van der Waals surface area contributed by atoms with Crippen molar-refractivity contribution in [3.8, 4) is 11.1 Å². The zero-order valence-electron chi connectivity index (χ0n) is 19.7. The molecule has 3 aromatic carbocycles. The topological polar surface area (TPSA) is 105 Å². The van der Waals surface area contributed by atoms with Gasteiger partial charge in [-0.05, 0) is 59.9 Å². The normalized spacial score (nSPS) is 13.8. The van der Waals surface area contributed by atoms with Crippen molar-refractivity contribution in [2.75, 3.05) is 11.9 Å². The van der Waals surface area contributed by atoms with Crippen molar-refractivity contribution >= 4 is 23.7 Å². The highest BCUT2D eigenvalue weighted by Crippen LogP contribution is 2.44. The number of carboxylic acids is 1. The number of nitrogens with one attached hydrogen (secondary N) is 2. The van der Waals surface area contributed by atoms with Gasteiger partial charge in [-0.1, -0.05) is 61.9 Å². The van der Waals surface area contributed by atoms with Crippen LogP contribution in [0.1, 0.15) is 54.1 Å². The number of carboxylic acid groups (broad SMARTS) is 1. The molecule has 0 aromatic heterocycles. The van der Waals surface area contributed by atoms with Crippen LogP contribution in [-0.2, 0) is 9.53 Å². The van der Waals surface area contributed by atoms with Gasteiger partial charge in [0, 0.05) is 11.6 Å². The molecule has 3 N–H and O–H groups in total. The van der Waals surface area contributed by atoms with Gasteiger partial charge in [-0.15, -0.1) is 0 Å². The predicted octanol–water partition coefficient (Wildman–Crippen LogP) is 5.42. The number of amides is 2. The van der Waals surface area contributed by atoms with Crippen LogP contribution in [0, 0.1) is 0 Å². The highest BCUT2D eigenvalue weighted by molar-refractivity contribution is 6.00. The highest BCUT2D eigenvalue weighted by atomic mass is 16.5. The molecule has 0 spiro atoms. The Morgan fingerprint density at radius 1 is 0.914 bits per heavy atom. The van der Waals surface area contributed by atoms with E-state index < -0.39 is 23.5 Å². The molecule has 7 nitrogen and oxygen atoms in total. The third-order valence-corrected chi connectivity index (χ3v) is 6.36. The van der Waals surface area contributed by atoms with Gasteiger partial charge in [0.1, 0.15) is 12.1 Å². The van der Waals surface area contributed by atoms with E-state index in [4.69, 9.17) is 9.84 Å². The van der Waals surface area contributed by atoms with Crippen molar-refractivity contribution in [2.45, 2.75) is 38.1 Å². The van der Waals surface area contributed by atoms with E-state index in [1.807, 2.05) is 43.3 Å². The Morgan fingerprint density at radius 2 is 1.49 bits per heavy atom. The summed E-state index contributed by atoms with van der Waals surface area (Å²) in [6.45, 7) is 3.73. The molecule has 0 aliphatic heterocycles. The van der Waals surface area contributed by atoms with Crippen molar-refractivity contribution in [1.82, 2.24) is 5.32 Å². The molecule has 3 aromatic rings. The van der Waals surface area contributed by atoms with Crippen LogP contribution in [0.4, 0.5) is 10.5 Å². The average molecular weight is 473 g/mol. The molecular weight excluding hydrogens is 444 g/mol. The molecule has 2 amide bonds. The second-order valence-corrected chi connectivity index (χ2v) is 8.87. The van der Waals surface area contributed by atoms with E-state index in [2.05, 4.69) is 22.8 Å². The fourth-order valence-electron chi connectivity index (χ4n) is 4.56. The standard InChI is InChI=1S/C28H28N2O5/c1-3-16-28(2,26(33)29-19-14-12-18(13-15-19)25(31)32)30-27(34)35-17-24-22-10-6-4-8-20(22)21-9-5-7-11-23(21)24/h4-15,24H,3,16-17H2,1-2H3,(H,29,33)(H,30,34)(H,31,32). The summed E-state index contributed by atoms with van der Waals surface area (Å²) in [6, 6.07) is 22.0. The number of rotatable bonds is 8. The van der Waals surface area contributed by atoms with Crippen molar-refractivity contribution in [2.24, 2.45) is 0 Å². The number of benzene rings is 3. The summed E-state index contributed by atoms with van der Waals surface area (Å²) in [5, 5.41) is 14.6. The first-order chi connectivity index (χ1) is 16.8. The molecule has 0 radical (unpaired) electrons. The molecule has 1 aliphatic rings. The molecule has 35 heavy (non-hydrogen) atoms. The van der Waals surface area contributed by atoms with Gasteiger partial charge in [0.05, 0.1) is 5.56 Å². The first kappa shape index (κ1) is 24.0. The summed E-state index contributed by atoms with van der Waals surface area (Å²) in [5.74, 6) is -1.53. The maximum Gasteiger partial charge on any atom is 0.408 e. The fraction of sp³-hybridized carbons (Fsp3) is 0.250. The van der Waals surface area contributed by atoms with Crippen molar-refractivity contribution in [3.05, 3.63) is 89.5 Å². The number of carbonyl (C=O) groups excluding carboxylic acids is 2. The molecule has 180 valence electrons. The zero-order chi connectivity index (χ0) is 25.0. The fourth-order valence-corrected chi connectivity index (χ4v) is 4.56. The lowest BCUT2D eigenvalue weighted by atomic mass is 9.95. The molecule has 0 saturated heterocycles. The molecule has 1 atom stereocenters. The summed E-state index contributed by atoms with van der Waals surface area (Å²) in [7, 11) is 0. The molecule has 0 saturated carbocycles. The third-order valence-electron chi connectivity index (χ3n) is 6.36. The maximum absolute atomic E-state index is 13.1. The predicted molar refractivity (Wildman–Crippen MR) is 134 cm³/mol. The smallest absolute Gasteiger partial charge is 0.408 e. The summed E-state index contributed by atoms with van der Waals surface area (Å²) < 4.78 is 5.63. The minimum Gasteiger partial charge on any atom is -0.478 e. The average Bonchev–Trinajstić information content (AvgIpc) is 3.17. The molecular formula is C28H28N2O5. The molecule has 0 fully saturated rings. The monoisotopic (exact) mass is 472 g/mol. The Bertz CT molecular complexity index is 1210. The van der Waals surface area contributed by atoms with E-state index in [1.54, 1.807) is 6.92 Å². The Morgan fingerprint density at radius 3 is 2.03 bits per heavy atom. The van der Waals surface area contributed by atoms with Gasteiger partial charge < -0.3 is 20.5 Å². The second kappa shape index (κ2) is 10.0. The summed E-state index contributed by atoms with van der Waals surface area (Å²) in [5.41, 5.74) is 3.86. The Balaban J connectivity index is 1.43. The van der Waals surface area contributed by atoms with E-state index in [9.17, 15) is 14.4 Å². The van der Waals surface area contributed by atoms with Crippen LogP contribution < -0.4 is 10.6 Å². The minimum atomic E-state index is -1.21. The maximum atomic E-state index is 13.1. The number of ether oxygens (including phenoxy) is 1. The largest absolute Gasteiger partial charge is 0.478 e. The van der Waals surface area contributed by atoms with Crippen LogP contribution in [0.3, 0.4) is 0 Å². The third kappa shape index (κ3) is 5.04. The lowest BCUT2D eigenvalue weighted by molar-refractivity contribution is -0.122. The van der Waals surface area contributed by atoms with Gasteiger partial charge in [0.2, 0.25) is 5.91 Å². The van der Waals surface area contributed by atoms with Gasteiger partial charge in [-0.25, -0.2) is 9.59 Å². The summed E-state index contributed by atoms with van der Waals surface area (Å²) in [6.07, 6.45) is 0.390. The number of anilines is 1. The van der Waals surface area contributed by atoms with E-state index in [1.165, 1.54) is 24.3 Å². The van der Waals surface area contributed by atoms with E-state index in [0.717, 1.165) is 22.3 Å². The molecule has 0 heterocycles. The van der Waals surface area contributed by atoms with Crippen molar-refractivity contribution in [3.63, 3.8) is 0 Å². The number of fused-ring (bicyclic) bond motifs is 3. The zero-order valence-corrected chi connectivity index (χ0v) is 19.7. The Labute approximate surface area is 204 Å². The van der Waals surface area contributed by atoms with E-state index >= 15 is 0 Å². The van der Waals surface area contributed by atoms with E-state index in [0.29, 0.717) is 18.5 Å². The molecule has 4 rings (SSSR count). The highest BCUT2D eigenvalue weighted by Gasteiger charge is 2.36. The summed E-state index contributed by atoms with van der Waals surface area (Å²) >= 11 is 0. The van der Waals surface area contributed by atoms with Gasteiger partial charge in [-0.3, -0.25) is 4.79 Å². The van der Waals surface area contributed by atoms with Gasteiger partial charge >= 0.3 is 12.1 Å². The number of alkyl carbamates (subject to hydrolysis) is 1. The molecule has 1 unspecified atom stereocenters. The first-order valence-electron chi connectivity index (χ1n) is 11.6. The van der Waals surface area contributed by atoms with Crippen molar-refractivity contribution < 1.29 is 24.2 Å². The van der Waals surface area contributed by atoms with Crippen LogP contribution in [0.2, 0.25) is 0 Å². The number of aromatic carboxylic acids is 1. The van der Waals surface area contributed by atoms with Crippen LogP contribution in [-0.4, -0.2) is 35.2 Å². The number of hydrogen-bond acceptors (Lipinski definition) is 4. The second-order valence-electron chi connectivity index (χ2n) is 8.87. The summed E-state index contributed by atoms with van der Waals surface area (Å²) in [4.78, 5) is 36.9. The molecule has 7 heteroatoms. The van der Waals surface area contributed by atoms with Crippen LogP contribution in [0.15, 0.2) is 72.8 Å². The Hall–Kier alpha value is -4.13. The van der Waals surface area contributed by atoms with Gasteiger partial charge in [0.15, 0.2) is 0 Å². The number of carbonyl (C=O) groups is 3. The van der Waals surface area contributed by atoms with E-state index in [-0.39, 0.29) is 18.1 Å². The van der Waals surface area contributed by atoms with Crippen LogP contribution in [0.25, 0.3) is 11.1 Å². The Kier molecular flexibility index (Phi) is 6.87. The van der Waals surface area contributed by atoms with Gasteiger partial charge in [-0.2, -0.15) is 0 Å². The SMILES string of the molecule is CCCC(C)(NC(=O)OCC1c2ccccc2-c2ccccc21)C(=O)Nc1ccc(C(=O)O)cc1.